The van der Waals surface area contributed by atoms with Crippen molar-refractivity contribution in [3.05, 3.63) is 24.3 Å². The quantitative estimate of drug-likeness (QED) is 0.894. The summed E-state index contributed by atoms with van der Waals surface area (Å²) in [6.07, 6.45) is 0. The molecule has 1 atom stereocenters. The molecule has 0 saturated carbocycles. The summed E-state index contributed by atoms with van der Waals surface area (Å²) in [7, 11) is 0. The molecule has 0 bridgehead atoms. The van der Waals surface area contributed by atoms with Crippen LogP contribution in [0.3, 0.4) is 0 Å². The van der Waals surface area contributed by atoms with Gasteiger partial charge >= 0.3 is 0 Å². The minimum atomic E-state index is 0.229. The van der Waals surface area contributed by atoms with Gasteiger partial charge in [0.1, 0.15) is 0 Å². The molecule has 0 spiro atoms. The molecule has 1 fully saturated rings. The number of carbonyl (C=O) groups is 1. The van der Waals surface area contributed by atoms with Crippen LogP contribution in [0.2, 0.25) is 0 Å². The first-order valence-corrected chi connectivity index (χ1v) is 8.20. The maximum absolute atomic E-state index is 12.6. The van der Waals surface area contributed by atoms with Crippen molar-refractivity contribution < 1.29 is 4.79 Å². The maximum Gasteiger partial charge on any atom is 0.241 e. The zero-order valence-corrected chi connectivity index (χ0v) is 12.7. The highest BCUT2D eigenvalue weighted by atomic mass is 32.2. The van der Waals surface area contributed by atoms with Gasteiger partial charge in [-0.25, -0.2) is 0 Å². The molecule has 1 saturated heterocycles. The third kappa shape index (κ3) is 3.00. The number of hydrogen-bond donors (Lipinski definition) is 1. The van der Waals surface area contributed by atoms with Gasteiger partial charge in [-0.3, -0.25) is 9.69 Å². The monoisotopic (exact) mass is 291 g/mol. The van der Waals surface area contributed by atoms with E-state index in [4.69, 9.17) is 0 Å². The summed E-state index contributed by atoms with van der Waals surface area (Å²) in [5.74, 6) is 1.22. The molecule has 5 heteroatoms. The van der Waals surface area contributed by atoms with Gasteiger partial charge in [0.25, 0.3) is 0 Å². The van der Waals surface area contributed by atoms with Crippen molar-refractivity contribution in [2.24, 2.45) is 0 Å². The number of thioether (sulfide) groups is 1. The molecule has 0 radical (unpaired) electrons. The molecule has 1 aromatic carbocycles. The number of para-hydroxylation sites is 1. The van der Waals surface area contributed by atoms with Crippen LogP contribution in [0.25, 0.3) is 0 Å². The number of anilines is 1. The highest BCUT2D eigenvalue weighted by Gasteiger charge is 2.25. The standard InChI is InChI=1S/C15H21N3OS/c1-12-10-17(7-6-16-12)11-15(19)18-8-9-20-14-5-3-2-4-13(14)18/h2-5,12,16H,6-11H2,1H3. The van der Waals surface area contributed by atoms with Crippen molar-refractivity contribution >= 4 is 23.4 Å². The largest absolute Gasteiger partial charge is 0.312 e. The van der Waals surface area contributed by atoms with Crippen molar-refractivity contribution in [1.29, 1.82) is 0 Å². The molecule has 1 unspecified atom stereocenters. The molecule has 20 heavy (non-hydrogen) atoms. The Bertz CT molecular complexity index is 494. The van der Waals surface area contributed by atoms with Crippen LogP contribution in [0.1, 0.15) is 6.92 Å². The SMILES string of the molecule is CC1CN(CC(=O)N2CCSc3ccccc32)CCN1. The van der Waals surface area contributed by atoms with Crippen molar-refractivity contribution in [2.75, 3.05) is 43.4 Å². The second-order valence-corrected chi connectivity index (χ2v) is 6.59. The van der Waals surface area contributed by atoms with E-state index in [1.54, 1.807) is 0 Å². The van der Waals surface area contributed by atoms with E-state index < -0.39 is 0 Å². The molecule has 108 valence electrons. The van der Waals surface area contributed by atoms with Gasteiger partial charge < -0.3 is 10.2 Å². The summed E-state index contributed by atoms with van der Waals surface area (Å²) in [4.78, 5) is 18.0. The number of carbonyl (C=O) groups excluding carboxylic acids is 1. The number of piperazine rings is 1. The van der Waals surface area contributed by atoms with E-state index in [2.05, 4.69) is 29.3 Å². The van der Waals surface area contributed by atoms with E-state index in [9.17, 15) is 4.79 Å². The highest BCUT2D eigenvalue weighted by molar-refractivity contribution is 7.99. The van der Waals surface area contributed by atoms with Gasteiger partial charge in [0, 0.05) is 42.9 Å². The normalized spacial score (nSPS) is 23.4. The van der Waals surface area contributed by atoms with Crippen molar-refractivity contribution in [1.82, 2.24) is 10.2 Å². The van der Waals surface area contributed by atoms with E-state index >= 15 is 0 Å². The van der Waals surface area contributed by atoms with Crippen LogP contribution in [0, 0.1) is 0 Å². The van der Waals surface area contributed by atoms with E-state index in [1.165, 1.54) is 4.90 Å². The molecule has 2 heterocycles. The molecule has 4 nitrogen and oxygen atoms in total. The fraction of sp³-hybridized carbons (Fsp3) is 0.533. The highest BCUT2D eigenvalue weighted by Crippen LogP contribution is 2.34. The average molecular weight is 291 g/mol. The summed E-state index contributed by atoms with van der Waals surface area (Å²) < 4.78 is 0. The Morgan fingerprint density at radius 2 is 2.25 bits per heavy atom. The van der Waals surface area contributed by atoms with Crippen LogP contribution in [-0.4, -0.2) is 55.3 Å². The number of rotatable bonds is 2. The van der Waals surface area contributed by atoms with Gasteiger partial charge in [0.05, 0.1) is 12.2 Å². The van der Waals surface area contributed by atoms with E-state index in [0.29, 0.717) is 12.6 Å². The number of fused-ring (bicyclic) bond motifs is 1. The Kier molecular flexibility index (Phi) is 4.29. The molecule has 2 aliphatic heterocycles. The van der Waals surface area contributed by atoms with Crippen LogP contribution in [0.15, 0.2) is 29.2 Å². The molecule has 1 amide bonds. The van der Waals surface area contributed by atoms with Crippen molar-refractivity contribution in [3.63, 3.8) is 0 Å². The Morgan fingerprint density at radius 1 is 1.40 bits per heavy atom. The Labute approximate surface area is 124 Å². The molecule has 0 aliphatic carbocycles. The molecule has 3 rings (SSSR count). The minimum Gasteiger partial charge on any atom is -0.312 e. The Balaban J connectivity index is 1.69. The minimum absolute atomic E-state index is 0.229. The predicted molar refractivity (Wildman–Crippen MR) is 83.4 cm³/mol. The van der Waals surface area contributed by atoms with Gasteiger partial charge in [-0.1, -0.05) is 12.1 Å². The maximum atomic E-state index is 12.6. The van der Waals surface area contributed by atoms with E-state index in [0.717, 1.165) is 37.6 Å². The van der Waals surface area contributed by atoms with Gasteiger partial charge in [0.2, 0.25) is 5.91 Å². The first kappa shape index (κ1) is 13.9. The molecular weight excluding hydrogens is 270 g/mol. The smallest absolute Gasteiger partial charge is 0.241 e. The lowest BCUT2D eigenvalue weighted by Crippen LogP contribution is -2.52. The fourth-order valence-electron chi connectivity index (χ4n) is 2.86. The summed E-state index contributed by atoms with van der Waals surface area (Å²) in [5, 5.41) is 3.41. The lowest BCUT2D eigenvalue weighted by molar-refractivity contribution is -0.120. The van der Waals surface area contributed by atoms with E-state index in [1.807, 2.05) is 28.8 Å². The number of benzene rings is 1. The Morgan fingerprint density at radius 3 is 3.10 bits per heavy atom. The number of hydrogen-bond acceptors (Lipinski definition) is 4. The van der Waals surface area contributed by atoms with Crippen LogP contribution in [0.4, 0.5) is 5.69 Å². The van der Waals surface area contributed by atoms with Gasteiger partial charge in [-0.05, 0) is 19.1 Å². The van der Waals surface area contributed by atoms with E-state index in [-0.39, 0.29) is 5.91 Å². The van der Waals surface area contributed by atoms with Crippen molar-refractivity contribution in [3.8, 4) is 0 Å². The molecular formula is C15H21N3OS. The zero-order chi connectivity index (χ0) is 13.9. The average Bonchev–Trinajstić information content (AvgIpc) is 2.46. The number of nitrogens with one attached hydrogen (secondary N) is 1. The van der Waals surface area contributed by atoms with Gasteiger partial charge in [-0.15, -0.1) is 11.8 Å². The zero-order valence-electron chi connectivity index (χ0n) is 11.8. The molecule has 1 N–H and O–H groups in total. The predicted octanol–water partition coefficient (Wildman–Crippen LogP) is 1.42. The lowest BCUT2D eigenvalue weighted by atomic mass is 10.2. The second-order valence-electron chi connectivity index (χ2n) is 5.45. The van der Waals surface area contributed by atoms with Crippen LogP contribution in [0.5, 0.6) is 0 Å². The number of nitrogens with zero attached hydrogens (tertiary/aromatic N) is 2. The number of amides is 1. The lowest BCUT2D eigenvalue weighted by Gasteiger charge is -2.34. The summed E-state index contributed by atoms with van der Waals surface area (Å²) >= 11 is 1.84. The first-order chi connectivity index (χ1) is 9.74. The Hall–Kier alpha value is -1.04. The summed E-state index contributed by atoms with van der Waals surface area (Å²) in [5.41, 5.74) is 1.08. The molecule has 1 aromatic rings. The first-order valence-electron chi connectivity index (χ1n) is 7.22. The van der Waals surface area contributed by atoms with Gasteiger partial charge in [0.15, 0.2) is 0 Å². The van der Waals surface area contributed by atoms with Crippen molar-refractivity contribution in [2.45, 2.75) is 17.9 Å². The van der Waals surface area contributed by atoms with Gasteiger partial charge in [-0.2, -0.15) is 0 Å². The summed E-state index contributed by atoms with van der Waals surface area (Å²) in [6.45, 7) is 6.41. The third-order valence-electron chi connectivity index (χ3n) is 3.84. The van der Waals surface area contributed by atoms with Crippen LogP contribution in [-0.2, 0) is 4.79 Å². The summed E-state index contributed by atoms with van der Waals surface area (Å²) in [6, 6.07) is 8.68. The van der Waals surface area contributed by atoms with Crippen LogP contribution >= 0.6 is 11.8 Å². The fourth-order valence-corrected chi connectivity index (χ4v) is 3.86. The third-order valence-corrected chi connectivity index (χ3v) is 4.88. The van der Waals surface area contributed by atoms with Crippen LogP contribution < -0.4 is 10.2 Å². The molecule has 2 aliphatic rings. The topological polar surface area (TPSA) is 35.6 Å². The second kappa shape index (κ2) is 6.16. The molecule has 0 aromatic heterocycles.